The highest BCUT2D eigenvalue weighted by molar-refractivity contribution is 7.13. The molecule has 1 aromatic heterocycles. The first kappa shape index (κ1) is 13.7. The first-order valence-corrected chi connectivity index (χ1v) is 7.88. The molecular formula is C13H23N3OS. The third-order valence-corrected chi connectivity index (χ3v) is 3.88. The fourth-order valence-corrected chi connectivity index (χ4v) is 2.41. The van der Waals surface area contributed by atoms with E-state index in [0.29, 0.717) is 0 Å². The SMILES string of the molecule is CCCCCCCOc1nnc(CNC2CC2)s1. The van der Waals surface area contributed by atoms with E-state index in [-0.39, 0.29) is 0 Å². The van der Waals surface area contributed by atoms with Gasteiger partial charge in [0.15, 0.2) is 0 Å². The van der Waals surface area contributed by atoms with Crippen LogP contribution >= 0.6 is 11.3 Å². The second kappa shape index (κ2) is 7.69. The summed E-state index contributed by atoms with van der Waals surface area (Å²) in [4.78, 5) is 0. The van der Waals surface area contributed by atoms with Gasteiger partial charge in [0.1, 0.15) is 5.01 Å². The lowest BCUT2D eigenvalue weighted by molar-refractivity contribution is 0.300. The molecule has 1 saturated carbocycles. The van der Waals surface area contributed by atoms with Crippen molar-refractivity contribution >= 4 is 11.3 Å². The van der Waals surface area contributed by atoms with Gasteiger partial charge in [-0.25, -0.2) is 0 Å². The lowest BCUT2D eigenvalue weighted by Crippen LogP contribution is -2.14. The van der Waals surface area contributed by atoms with Crippen molar-refractivity contribution in [2.24, 2.45) is 0 Å². The number of aromatic nitrogens is 2. The molecule has 102 valence electrons. The van der Waals surface area contributed by atoms with E-state index in [1.807, 2.05) is 0 Å². The molecule has 1 aliphatic carbocycles. The Kier molecular flexibility index (Phi) is 5.87. The quantitative estimate of drug-likeness (QED) is 0.663. The van der Waals surface area contributed by atoms with Crippen LogP contribution in [0.3, 0.4) is 0 Å². The second-order valence-electron chi connectivity index (χ2n) is 4.88. The first-order chi connectivity index (χ1) is 8.88. The number of rotatable bonds is 10. The molecule has 1 heterocycles. The molecule has 0 unspecified atom stereocenters. The van der Waals surface area contributed by atoms with Gasteiger partial charge >= 0.3 is 0 Å². The van der Waals surface area contributed by atoms with Crippen LogP contribution in [0.5, 0.6) is 5.19 Å². The van der Waals surface area contributed by atoms with E-state index in [0.717, 1.165) is 35.8 Å². The lowest BCUT2D eigenvalue weighted by atomic mass is 10.2. The van der Waals surface area contributed by atoms with Crippen molar-refractivity contribution in [3.8, 4) is 5.19 Å². The summed E-state index contributed by atoms with van der Waals surface area (Å²) >= 11 is 1.56. The minimum atomic E-state index is 0.719. The molecule has 1 N–H and O–H groups in total. The van der Waals surface area contributed by atoms with Crippen LogP contribution in [0.25, 0.3) is 0 Å². The Morgan fingerprint density at radius 1 is 1.22 bits per heavy atom. The predicted molar refractivity (Wildman–Crippen MR) is 74.0 cm³/mol. The van der Waals surface area contributed by atoms with E-state index in [4.69, 9.17) is 4.74 Å². The van der Waals surface area contributed by atoms with E-state index >= 15 is 0 Å². The van der Waals surface area contributed by atoms with Gasteiger partial charge in [-0.2, -0.15) is 0 Å². The van der Waals surface area contributed by atoms with Gasteiger partial charge in [-0.3, -0.25) is 0 Å². The standard InChI is InChI=1S/C13H23N3OS/c1-2-3-4-5-6-9-17-13-16-15-12(18-13)10-14-11-7-8-11/h11,14H,2-10H2,1H3. The monoisotopic (exact) mass is 269 g/mol. The van der Waals surface area contributed by atoms with Crippen molar-refractivity contribution in [2.75, 3.05) is 6.61 Å². The van der Waals surface area contributed by atoms with Crippen molar-refractivity contribution in [1.29, 1.82) is 0 Å². The molecule has 4 nitrogen and oxygen atoms in total. The Labute approximate surface area is 113 Å². The minimum Gasteiger partial charge on any atom is -0.469 e. The number of unbranched alkanes of at least 4 members (excludes halogenated alkanes) is 4. The van der Waals surface area contributed by atoms with Gasteiger partial charge in [0.2, 0.25) is 0 Å². The van der Waals surface area contributed by atoms with E-state index in [2.05, 4.69) is 22.4 Å². The Hall–Kier alpha value is -0.680. The topological polar surface area (TPSA) is 47.0 Å². The Balaban J connectivity index is 1.54. The van der Waals surface area contributed by atoms with E-state index in [1.54, 1.807) is 11.3 Å². The molecule has 0 saturated heterocycles. The van der Waals surface area contributed by atoms with Crippen molar-refractivity contribution < 1.29 is 4.74 Å². The van der Waals surface area contributed by atoms with Crippen LogP contribution in [-0.4, -0.2) is 22.8 Å². The molecule has 0 spiro atoms. The van der Waals surface area contributed by atoms with Gasteiger partial charge in [0, 0.05) is 6.04 Å². The Morgan fingerprint density at radius 2 is 2.06 bits per heavy atom. The summed E-state index contributed by atoms with van der Waals surface area (Å²) in [6.45, 7) is 3.84. The minimum absolute atomic E-state index is 0.719. The molecule has 0 aromatic carbocycles. The van der Waals surface area contributed by atoms with Gasteiger partial charge in [0.25, 0.3) is 5.19 Å². The molecule has 1 aromatic rings. The molecule has 5 heteroatoms. The Bertz CT molecular complexity index is 339. The molecule has 2 rings (SSSR count). The highest BCUT2D eigenvalue weighted by atomic mass is 32.1. The third-order valence-electron chi connectivity index (χ3n) is 3.04. The second-order valence-corrected chi connectivity index (χ2v) is 5.90. The zero-order valence-electron chi connectivity index (χ0n) is 11.2. The summed E-state index contributed by atoms with van der Waals surface area (Å²) in [7, 11) is 0. The maximum absolute atomic E-state index is 5.61. The van der Waals surface area contributed by atoms with Gasteiger partial charge in [-0.1, -0.05) is 43.9 Å². The van der Waals surface area contributed by atoms with E-state index in [9.17, 15) is 0 Å². The summed E-state index contributed by atoms with van der Waals surface area (Å²) in [5, 5.41) is 13.4. The fraction of sp³-hybridized carbons (Fsp3) is 0.846. The van der Waals surface area contributed by atoms with E-state index < -0.39 is 0 Å². The van der Waals surface area contributed by atoms with Crippen LogP contribution in [0.4, 0.5) is 0 Å². The number of ether oxygens (including phenoxy) is 1. The normalized spacial score (nSPS) is 14.9. The average Bonchev–Trinajstić information content (AvgIpc) is 3.11. The Morgan fingerprint density at radius 3 is 2.83 bits per heavy atom. The van der Waals surface area contributed by atoms with Crippen LogP contribution in [0.1, 0.15) is 56.9 Å². The van der Waals surface area contributed by atoms with Crippen LogP contribution in [0.15, 0.2) is 0 Å². The van der Waals surface area contributed by atoms with Gasteiger partial charge in [-0.05, 0) is 19.3 Å². The van der Waals surface area contributed by atoms with Crippen LogP contribution < -0.4 is 10.1 Å². The van der Waals surface area contributed by atoms with Gasteiger partial charge in [-0.15, -0.1) is 10.2 Å². The lowest BCUT2D eigenvalue weighted by Gasteiger charge is -2.01. The molecule has 0 radical (unpaired) electrons. The van der Waals surface area contributed by atoms with Crippen molar-refractivity contribution in [1.82, 2.24) is 15.5 Å². The molecule has 0 bridgehead atoms. The van der Waals surface area contributed by atoms with E-state index in [1.165, 1.54) is 38.5 Å². The zero-order chi connectivity index (χ0) is 12.6. The van der Waals surface area contributed by atoms with Crippen LogP contribution in [0.2, 0.25) is 0 Å². The summed E-state index contributed by atoms with van der Waals surface area (Å²) in [6.07, 6.45) is 8.91. The molecule has 18 heavy (non-hydrogen) atoms. The first-order valence-electron chi connectivity index (χ1n) is 7.07. The van der Waals surface area contributed by atoms with Crippen LogP contribution in [-0.2, 0) is 6.54 Å². The number of hydrogen-bond donors (Lipinski definition) is 1. The number of nitrogens with zero attached hydrogens (tertiary/aromatic N) is 2. The largest absolute Gasteiger partial charge is 0.469 e. The van der Waals surface area contributed by atoms with Crippen molar-refractivity contribution in [3.63, 3.8) is 0 Å². The molecule has 1 fully saturated rings. The molecule has 0 atom stereocenters. The summed E-state index contributed by atoms with van der Waals surface area (Å²) < 4.78 is 5.61. The fourth-order valence-electron chi connectivity index (χ4n) is 1.75. The molecular weight excluding hydrogens is 246 g/mol. The number of hydrogen-bond acceptors (Lipinski definition) is 5. The molecule has 1 aliphatic rings. The third kappa shape index (κ3) is 5.31. The summed E-state index contributed by atoms with van der Waals surface area (Å²) in [5.41, 5.74) is 0. The van der Waals surface area contributed by atoms with Crippen LogP contribution in [0, 0.1) is 0 Å². The smallest absolute Gasteiger partial charge is 0.294 e. The highest BCUT2D eigenvalue weighted by Crippen LogP contribution is 2.22. The molecule has 0 aliphatic heterocycles. The number of nitrogens with one attached hydrogen (secondary N) is 1. The maximum atomic E-state index is 5.61. The maximum Gasteiger partial charge on any atom is 0.294 e. The van der Waals surface area contributed by atoms with Gasteiger partial charge < -0.3 is 10.1 Å². The summed E-state index contributed by atoms with van der Waals surface area (Å²) in [5.74, 6) is 0. The summed E-state index contributed by atoms with van der Waals surface area (Å²) in [6, 6.07) is 0.719. The average molecular weight is 269 g/mol. The van der Waals surface area contributed by atoms with Crippen molar-refractivity contribution in [3.05, 3.63) is 5.01 Å². The van der Waals surface area contributed by atoms with Crippen molar-refractivity contribution in [2.45, 2.75) is 64.5 Å². The highest BCUT2D eigenvalue weighted by Gasteiger charge is 2.20. The zero-order valence-corrected chi connectivity index (χ0v) is 12.0. The molecule has 0 amide bonds. The predicted octanol–water partition coefficient (Wildman–Crippen LogP) is 3.14. The van der Waals surface area contributed by atoms with Gasteiger partial charge in [0.05, 0.1) is 13.2 Å².